The van der Waals surface area contributed by atoms with Gasteiger partial charge in [-0.3, -0.25) is 4.90 Å². The summed E-state index contributed by atoms with van der Waals surface area (Å²) in [6.45, 7) is 3.61. The molecular weight excluding hydrogens is 196 g/mol. The molecule has 0 amide bonds. The van der Waals surface area contributed by atoms with Gasteiger partial charge in [0.15, 0.2) is 0 Å². The molecule has 2 N–H and O–H groups in total. The van der Waals surface area contributed by atoms with Crippen LogP contribution in [-0.4, -0.2) is 61.3 Å². The SMILES string of the molecule is CCC(CSC)N(C)CC(O)CNC. The average Bonchev–Trinajstić information content (AvgIpc) is 2.14. The maximum absolute atomic E-state index is 9.62. The van der Waals surface area contributed by atoms with E-state index in [9.17, 15) is 5.11 Å². The van der Waals surface area contributed by atoms with Crippen LogP contribution in [0.4, 0.5) is 0 Å². The molecule has 0 rings (SSSR count). The van der Waals surface area contributed by atoms with Gasteiger partial charge in [0, 0.05) is 24.9 Å². The monoisotopic (exact) mass is 220 g/mol. The van der Waals surface area contributed by atoms with Crippen molar-refractivity contribution < 1.29 is 5.11 Å². The zero-order valence-electron chi connectivity index (χ0n) is 9.79. The Morgan fingerprint density at radius 1 is 1.50 bits per heavy atom. The van der Waals surface area contributed by atoms with E-state index in [4.69, 9.17) is 0 Å². The first-order chi connectivity index (χ1) is 6.65. The Morgan fingerprint density at radius 2 is 2.14 bits per heavy atom. The number of aliphatic hydroxyl groups excluding tert-OH is 1. The standard InChI is InChI=1S/C10H24N2OS/c1-5-9(8-14-4)12(3)7-10(13)6-11-2/h9-11,13H,5-8H2,1-4H3. The third kappa shape index (κ3) is 5.86. The molecule has 2 atom stereocenters. The van der Waals surface area contributed by atoms with Crippen molar-refractivity contribution >= 4 is 11.8 Å². The molecule has 0 aliphatic rings. The van der Waals surface area contributed by atoms with Gasteiger partial charge in [-0.1, -0.05) is 6.92 Å². The molecule has 0 aromatic carbocycles. The van der Waals surface area contributed by atoms with Gasteiger partial charge in [-0.25, -0.2) is 0 Å². The normalized spacial score (nSPS) is 15.9. The van der Waals surface area contributed by atoms with Crippen LogP contribution in [0, 0.1) is 0 Å². The van der Waals surface area contributed by atoms with E-state index in [2.05, 4.69) is 30.4 Å². The molecule has 0 heterocycles. The van der Waals surface area contributed by atoms with Gasteiger partial charge in [-0.05, 0) is 26.8 Å². The molecule has 0 aliphatic heterocycles. The van der Waals surface area contributed by atoms with Crippen LogP contribution in [0.15, 0.2) is 0 Å². The first-order valence-corrected chi connectivity index (χ1v) is 6.56. The van der Waals surface area contributed by atoms with Crippen LogP contribution in [0.3, 0.4) is 0 Å². The van der Waals surface area contributed by atoms with E-state index < -0.39 is 0 Å². The molecule has 0 saturated heterocycles. The molecule has 0 aliphatic carbocycles. The molecule has 0 aromatic heterocycles. The largest absolute Gasteiger partial charge is 0.390 e. The van der Waals surface area contributed by atoms with E-state index in [1.165, 1.54) is 0 Å². The minimum atomic E-state index is -0.263. The van der Waals surface area contributed by atoms with Crippen molar-refractivity contribution in [1.29, 1.82) is 0 Å². The number of likely N-dealkylation sites (N-methyl/N-ethyl adjacent to an activating group) is 2. The third-order valence-corrected chi connectivity index (χ3v) is 3.11. The zero-order chi connectivity index (χ0) is 11.0. The lowest BCUT2D eigenvalue weighted by Gasteiger charge is -2.28. The van der Waals surface area contributed by atoms with Gasteiger partial charge in [0.1, 0.15) is 0 Å². The maximum atomic E-state index is 9.62. The van der Waals surface area contributed by atoms with Crippen LogP contribution in [0.5, 0.6) is 0 Å². The minimum absolute atomic E-state index is 0.263. The fourth-order valence-corrected chi connectivity index (χ4v) is 2.41. The fourth-order valence-electron chi connectivity index (χ4n) is 1.53. The molecule has 0 spiro atoms. The quantitative estimate of drug-likeness (QED) is 0.629. The van der Waals surface area contributed by atoms with Crippen molar-refractivity contribution in [2.24, 2.45) is 0 Å². The van der Waals surface area contributed by atoms with Crippen molar-refractivity contribution in [2.45, 2.75) is 25.5 Å². The highest BCUT2D eigenvalue weighted by Gasteiger charge is 2.14. The lowest BCUT2D eigenvalue weighted by Crippen LogP contribution is -2.41. The summed E-state index contributed by atoms with van der Waals surface area (Å²) in [5, 5.41) is 12.6. The highest BCUT2D eigenvalue weighted by molar-refractivity contribution is 7.98. The zero-order valence-corrected chi connectivity index (χ0v) is 10.6. The van der Waals surface area contributed by atoms with Gasteiger partial charge >= 0.3 is 0 Å². The van der Waals surface area contributed by atoms with E-state index in [1.54, 1.807) is 0 Å². The molecule has 0 saturated carbocycles. The van der Waals surface area contributed by atoms with Crippen molar-refractivity contribution in [1.82, 2.24) is 10.2 Å². The van der Waals surface area contributed by atoms with Crippen LogP contribution >= 0.6 is 11.8 Å². The average molecular weight is 220 g/mol. The number of nitrogens with zero attached hydrogens (tertiary/aromatic N) is 1. The Labute approximate surface area is 92.3 Å². The second kappa shape index (κ2) is 8.53. The first-order valence-electron chi connectivity index (χ1n) is 5.17. The Bertz CT molecular complexity index is 135. The molecule has 0 aromatic rings. The Balaban J connectivity index is 3.83. The van der Waals surface area contributed by atoms with E-state index in [1.807, 2.05) is 18.8 Å². The topological polar surface area (TPSA) is 35.5 Å². The summed E-state index contributed by atoms with van der Waals surface area (Å²) in [5.41, 5.74) is 0. The Kier molecular flexibility index (Phi) is 8.67. The maximum Gasteiger partial charge on any atom is 0.0791 e. The molecule has 14 heavy (non-hydrogen) atoms. The summed E-state index contributed by atoms with van der Waals surface area (Å²) in [6, 6.07) is 0.580. The van der Waals surface area contributed by atoms with Gasteiger partial charge in [0.2, 0.25) is 0 Å². The lowest BCUT2D eigenvalue weighted by atomic mass is 10.2. The number of rotatable bonds is 8. The molecule has 2 unspecified atom stereocenters. The van der Waals surface area contributed by atoms with Crippen LogP contribution in [0.1, 0.15) is 13.3 Å². The predicted molar refractivity (Wildman–Crippen MR) is 65.0 cm³/mol. The van der Waals surface area contributed by atoms with Crippen LogP contribution in [-0.2, 0) is 0 Å². The molecule has 4 heteroatoms. The van der Waals surface area contributed by atoms with Gasteiger partial charge in [0.25, 0.3) is 0 Å². The number of aliphatic hydroxyl groups is 1. The van der Waals surface area contributed by atoms with Crippen LogP contribution in [0.25, 0.3) is 0 Å². The van der Waals surface area contributed by atoms with Crippen molar-refractivity contribution in [3.8, 4) is 0 Å². The summed E-state index contributed by atoms with van der Waals surface area (Å²) in [5.74, 6) is 1.14. The molecule has 86 valence electrons. The van der Waals surface area contributed by atoms with Crippen molar-refractivity contribution in [3.63, 3.8) is 0 Å². The van der Waals surface area contributed by atoms with E-state index >= 15 is 0 Å². The first kappa shape index (κ1) is 14.2. The molecular formula is C10H24N2OS. The Hall–Kier alpha value is 0.230. The third-order valence-electron chi connectivity index (χ3n) is 2.39. The number of nitrogens with one attached hydrogen (secondary N) is 1. The van der Waals surface area contributed by atoms with Gasteiger partial charge in [-0.2, -0.15) is 11.8 Å². The molecule has 0 radical (unpaired) electrons. The molecule has 0 fully saturated rings. The fraction of sp³-hybridized carbons (Fsp3) is 1.00. The van der Waals surface area contributed by atoms with Gasteiger partial charge < -0.3 is 10.4 Å². The summed E-state index contributed by atoms with van der Waals surface area (Å²) < 4.78 is 0. The van der Waals surface area contributed by atoms with Gasteiger partial charge in [0.05, 0.1) is 6.10 Å². The highest BCUT2D eigenvalue weighted by Crippen LogP contribution is 2.08. The molecule has 0 bridgehead atoms. The van der Waals surface area contributed by atoms with Crippen molar-refractivity contribution in [3.05, 3.63) is 0 Å². The second-order valence-electron chi connectivity index (χ2n) is 3.67. The second-order valence-corrected chi connectivity index (χ2v) is 4.58. The number of thioether (sulfide) groups is 1. The summed E-state index contributed by atoms with van der Waals surface area (Å²) >= 11 is 1.86. The molecule has 3 nitrogen and oxygen atoms in total. The van der Waals surface area contributed by atoms with Crippen molar-refractivity contribution in [2.75, 3.05) is 39.2 Å². The van der Waals surface area contributed by atoms with E-state index in [0.29, 0.717) is 12.6 Å². The summed E-state index contributed by atoms with van der Waals surface area (Å²) in [7, 11) is 3.95. The highest BCUT2D eigenvalue weighted by atomic mass is 32.2. The van der Waals surface area contributed by atoms with Gasteiger partial charge in [-0.15, -0.1) is 0 Å². The number of hydrogen-bond acceptors (Lipinski definition) is 4. The van der Waals surface area contributed by atoms with E-state index in [-0.39, 0.29) is 6.10 Å². The predicted octanol–water partition coefficient (Wildman–Crippen LogP) is 0.640. The van der Waals surface area contributed by atoms with Crippen LogP contribution < -0.4 is 5.32 Å². The summed E-state index contributed by atoms with van der Waals surface area (Å²) in [4.78, 5) is 2.25. The van der Waals surface area contributed by atoms with E-state index in [0.717, 1.165) is 18.7 Å². The smallest absolute Gasteiger partial charge is 0.0791 e. The number of hydrogen-bond donors (Lipinski definition) is 2. The lowest BCUT2D eigenvalue weighted by molar-refractivity contribution is 0.108. The Morgan fingerprint density at radius 3 is 2.57 bits per heavy atom. The van der Waals surface area contributed by atoms with Crippen LogP contribution in [0.2, 0.25) is 0 Å². The summed E-state index contributed by atoms with van der Waals surface area (Å²) in [6.07, 6.45) is 3.00. The minimum Gasteiger partial charge on any atom is -0.390 e.